The van der Waals surface area contributed by atoms with Gasteiger partial charge in [0.25, 0.3) is 0 Å². The zero-order chi connectivity index (χ0) is 23.2. The SMILES string of the molecule is O=C(C1CC1)N1CCC(Cn2c(-c3ccc(-c4cccc(O)c4)cc3)nc3cccc(Br)c32)C1. The molecule has 6 rings (SSSR count). The van der Waals surface area contributed by atoms with E-state index in [1.807, 2.05) is 18.2 Å². The number of halogens is 1. The molecule has 1 N–H and O–H groups in total. The van der Waals surface area contributed by atoms with Gasteiger partial charge in [-0.15, -0.1) is 0 Å². The molecule has 4 aromatic rings. The van der Waals surface area contributed by atoms with Gasteiger partial charge in [-0.2, -0.15) is 0 Å². The summed E-state index contributed by atoms with van der Waals surface area (Å²) in [5, 5.41) is 9.83. The first-order valence-electron chi connectivity index (χ1n) is 11.9. The summed E-state index contributed by atoms with van der Waals surface area (Å²) >= 11 is 3.75. The zero-order valence-corrected chi connectivity index (χ0v) is 20.4. The number of amides is 1. The first kappa shape index (κ1) is 21.4. The smallest absolute Gasteiger partial charge is 0.225 e. The zero-order valence-electron chi connectivity index (χ0n) is 18.8. The summed E-state index contributed by atoms with van der Waals surface area (Å²) in [5.74, 6) is 2.25. The largest absolute Gasteiger partial charge is 0.508 e. The number of phenols is 1. The molecule has 1 unspecified atom stereocenters. The van der Waals surface area contributed by atoms with Gasteiger partial charge in [-0.3, -0.25) is 4.79 Å². The van der Waals surface area contributed by atoms with Gasteiger partial charge in [-0.05, 0) is 76.5 Å². The Kier molecular flexibility index (Phi) is 5.41. The van der Waals surface area contributed by atoms with Gasteiger partial charge in [0, 0.05) is 35.6 Å². The molecule has 2 aliphatic rings. The molecular formula is C28H26BrN3O2. The minimum Gasteiger partial charge on any atom is -0.508 e. The Hall–Kier alpha value is -3.12. The number of nitrogens with zero attached hydrogens (tertiary/aromatic N) is 3. The van der Waals surface area contributed by atoms with Crippen LogP contribution in [0, 0.1) is 11.8 Å². The van der Waals surface area contributed by atoms with Gasteiger partial charge in [0.15, 0.2) is 0 Å². The Balaban J connectivity index is 1.33. The minimum absolute atomic E-state index is 0.263. The lowest BCUT2D eigenvalue weighted by atomic mass is 10.0. The van der Waals surface area contributed by atoms with Crippen LogP contribution in [0.15, 0.2) is 71.2 Å². The summed E-state index contributed by atoms with van der Waals surface area (Å²) < 4.78 is 3.35. The second kappa shape index (κ2) is 8.58. The quantitative estimate of drug-likeness (QED) is 0.349. The fourth-order valence-electron chi connectivity index (χ4n) is 5.07. The Morgan fingerprint density at radius 2 is 1.74 bits per heavy atom. The fourth-order valence-corrected chi connectivity index (χ4v) is 5.64. The number of imidazole rings is 1. The van der Waals surface area contributed by atoms with E-state index in [0.717, 1.165) is 76.9 Å². The highest BCUT2D eigenvalue weighted by molar-refractivity contribution is 9.10. The summed E-state index contributed by atoms with van der Waals surface area (Å²) in [7, 11) is 0. The molecule has 1 aromatic heterocycles. The molecule has 6 heteroatoms. The van der Waals surface area contributed by atoms with E-state index in [1.54, 1.807) is 12.1 Å². The maximum Gasteiger partial charge on any atom is 0.225 e. The molecule has 1 aliphatic heterocycles. The summed E-state index contributed by atoms with van der Waals surface area (Å²) in [4.78, 5) is 19.6. The first-order valence-corrected chi connectivity index (χ1v) is 12.7. The monoisotopic (exact) mass is 515 g/mol. The molecule has 1 atom stereocenters. The molecule has 1 saturated heterocycles. The van der Waals surface area contributed by atoms with Crippen LogP contribution in [-0.4, -0.2) is 38.6 Å². The highest BCUT2D eigenvalue weighted by atomic mass is 79.9. The number of hydrogen-bond acceptors (Lipinski definition) is 3. The number of rotatable bonds is 5. The third-order valence-electron chi connectivity index (χ3n) is 7.00. The van der Waals surface area contributed by atoms with Gasteiger partial charge < -0.3 is 14.6 Å². The number of likely N-dealkylation sites (tertiary alicyclic amines) is 1. The third kappa shape index (κ3) is 4.00. The molecule has 1 saturated carbocycles. The lowest BCUT2D eigenvalue weighted by Gasteiger charge is -2.18. The van der Waals surface area contributed by atoms with Crippen molar-refractivity contribution in [1.82, 2.24) is 14.5 Å². The van der Waals surface area contributed by atoms with Crippen molar-refractivity contribution in [3.05, 3.63) is 71.2 Å². The fraction of sp³-hybridized carbons (Fsp3) is 0.286. The van der Waals surface area contributed by atoms with Crippen molar-refractivity contribution >= 4 is 32.9 Å². The van der Waals surface area contributed by atoms with Gasteiger partial charge in [0.1, 0.15) is 11.6 Å². The maximum atomic E-state index is 12.6. The van der Waals surface area contributed by atoms with E-state index in [1.165, 1.54) is 0 Å². The lowest BCUT2D eigenvalue weighted by Crippen LogP contribution is -2.30. The molecule has 2 fully saturated rings. The second-order valence-corrected chi connectivity index (χ2v) is 10.3. The number of aromatic nitrogens is 2. The van der Waals surface area contributed by atoms with Crippen molar-refractivity contribution in [1.29, 1.82) is 0 Å². The highest BCUT2D eigenvalue weighted by Crippen LogP contribution is 2.35. The number of carbonyl (C=O) groups is 1. The molecule has 0 spiro atoms. The minimum atomic E-state index is 0.263. The number of benzene rings is 3. The molecule has 0 bridgehead atoms. The molecule has 34 heavy (non-hydrogen) atoms. The topological polar surface area (TPSA) is 58.4 Å². The predicted octanol–water partition coefficient (Wildman–Crippen LogP) is 6.10. The third-order valence-corrected chi connectivity index (χ3v) is 7.64. The number of phenolic OH excluding ortho intramolecular Hbond substituents is 1. The van der Waals surface area contributed by atoms with Gasteiger partial charge in [0.05, 0.1) is 11.0 Å². The van der Waals surface area contributed by atoms with E-state index >= 15 is 0 Å². The van der Waals surface area contributed by atoms with Gasteiger partial charge >= 0.3 is 0 Å². The van der Waals surface area contributed by atoms with Crippen molar-refractivity contribution in [2.24, 2.45) is 11.8 Å². The number of aromatic hydroxyl groups is 1. The summed E-state index contributed by atoms with van der Waals surface area (Å²) in [5.41, 5.74) is 5.14. The molecule has 0 radical (unpaired) electrons. The van der Waals surface area contributed by atoms with Crippen LogP contribution < -0.4 is 0 Å². The van der Waals surface area contributed by atoms with E-state index in [2.05, 4.69) is 61.8 Å². The Labute approximate surface area is 207 Å². The van der Waals surface area contributed by atoms with Crippen LogP contribution in [0.5, 0.6) is 5.75 Å². The van der Waals surface area contributed by atoms with E-state index in [-0.39, 0.29) is 11.7 Å². The van der Waals surface area contributed by atoms with Crippen LogP contribution in [0.2, 0.25) is 0 Å². The van der Waals surface area contributed by atoms with Gasteiger partial charge in [0.2, 0.25) is 5.91 Å². The molecule has 1 amide bonds. The normalized spacial score (nSPS) is 18.0. The predicted molar refractivity (Wildman–Crippen MR) is 137 cm³/mol. The molecular weight excluding hydrogens is 490 g/mol. The van der Waals surface area contributed by atoms with E-state index in [0.29, 0.717) is 11.8 Å². The van der Waals surface area contributed by atoms with Gasteiger partial charge in [-0.25, -0.2) is 4.98 Å². The van der Waals surface area contributed by atoms with E-state index < -0.39 is 0 Å². The second-order valence-electron chi connectivity index (χ2n) is 9.49. The average Bonchev–Trinajstić information content (AvgIpc) is 3.48. The van der Waals surface area contributed by atoms with Gasteiger partial charge in [-0.1, -0.05) is 42.5 Å². The van der Waals surface area contributed by atoms with Crippen LogP contribution >= 0.6 is 15.9 Å². The number of fused-ring (bicyclic) bond motifs is 1. The van der Waals surface area contributed by atoms with Crippen molar-refractivity contribution in [3.8, 4) is 28.3 Å². The van der Waals surface area contributed by atoms with Crippen LogP contribution in [0.4, 0.5) is 0 Å². The molecule has 2 heterocycles. The van der Waals surface area contributed by atoms with Crippen molar-refractivity contribution < 1.29 is 9.90 Å². The average molecular weight is 516 g/mol. The summed E-state index contributed by atoms with van der Waals surface area (Å²) in [6, 6.07) is 21.8. The molecule has 172 valence electrons. The molecule has 5 nitrogen and oxygen atoms in total. The Morgan fingerprint density at radius 1 is 0.971 bits per heavy atom. The number of para-hydroxylation sites is 1. The molecule has 1 aliphatic carbocycles. The van der Waals surface area contributed by atoms with Crippen LogP contribution in [0.25, 0.3) is 33.5 Å². The number of carbonyl (C=O) groups excluding carboxylic acids is 1. The van der Waals surface area contributed by atoms with Crippen molar-refractivity contribution in [2.45, 2.75) is 25.8 Å². The Bertz CT molecular complexity index is 1370. The number of hydrogen-bond donors (Lipinski definition) is 1. The highest BCUT2D eigenvalue weighted by Gasteiger charge is 2.36. The first-order chi connectivity index (χ1) is 16.6. The summed E-state index contributed by atoms with van der Waals surface area (Å²) in [6.07, 6.45) is 3.14. The van der Waals surface area contributed by atoms with Crippen LogP contribution in [0.3, 0.4) is 0 Å². The van der Waals surface area contributed by atoms with E-state index in [4.69, 9.17) is 4.98 Å². The van der Waals surface area contributed by atoms with Crippen molar-refractivity contribution in [3.63, 3.8) is 0 Å². The summed E-state index contributed by atoms with van der Waals surface area (Å²) in [6.45, 7) is 2.52. The molecule has 3 aromatic carbocycles. The van der Waals surface area contributed by atoms with Crippen molar-refractivity contribution in [2.75, 3.05) is 13.1 Å². The lowest BCUT2D eigenvalue weighted by molar-refractivity contribution is -0.131. The standard InChI is InChI=1S/C28H26BrN3O2/c29-24-5-2-6-25-26(24)32(17-18-13-14-31(16-18)28(34)21-11-12-21)27(30-25)20-9-7-19(8-10-20)22-3-1-4-23(33)15-22/h1-10,15,18,21,33H,11-14,16-17H2. The van der Waals surface area contributed by atoms with E-state index in [9.17, 15) is 9.90 Å². The Morgan fingerprint density at radius 3 is 2.50 bits per heavy atom. The maximum absolute atomic E-state index is 12.6. The van der Waals surface area contributed by atoms with Crippen LogP contribution in [0.1, 0.15) is 19.3 Å². The van der Waals surface area contributed by atoms with Crippen LogP contribution in [-0.2, 0) is 11.3 Å².